The maximum absolute atomic E-state index is 13.3. The second-order valence-electron chi connectivity index (χ2n) is 7.58. The van der Waals surface area contributed by atoms with E-state index >= 15 is 0 Å². The summed E-state index contributed by atoms with van der Waals surface area (Å²) in [6.07, 6.45) is 7.30. The van der Waals surface area contributed by atoms with Crippen molar-refractivity contribution in [1.82, 2.24) is 0 Å². The second kappa shape index (κ2) is 7.97. The monoisotopic (exact) mass is 404 g/mol. The molecule has 24 heavy (non-hydrogen) atoms. The zero-order valence-corrected chi connectivity index (χ0v) is 18.4. The molecule has 1 amide bonds. The number of quaternary nitrogens is 1. The van der Waals surface area contributed by atoms with E-state index in [-0.39, 0.29) is 44.2 Å². The number of benzene rings is 1. The summed E-state index contributed by atoms with van der Waals surface area (Å²) < 4.78 is 1.02. The molecule has 4 heteroatoms. The summed E-state index contributed by atoms with van der Waals surface area (Å²) in [5.41, 5.74) is 3.18. The fraction of sp³-hybridized carbons (Fsp3) is 0.650. The zero-order valence-electron chi connectivity index (χ0n) is 15.5. The molecular weight excluding hydrogens is 373 g/mol. The van der Waals surface area contributed by atoms with Crippen LogP contribution in [0.5, 0.6) is 0 Å². The van der Waals surface area contributed by atoms with Gasteiger partial charge in [0, 0.05) is 51.2 Å². The fourth-order valence-electron chi connectivity index (χ4n) is 4.62. The van der Waals surface area contributed by atoms with E-state index in [1.54, 1.807) is 0 Å². The second-order valence-corrected chi connectivity index (χ2v) is 7.58. The van der Waals surface area contributed by atoms with Crippen molar-refractivity contribution in [3.05, 3.63) is 29.3 Å². The Balaban J connectivity index is 0.00000208. The van der Waals surface area contributed by atoms with Gasteiger partial charge in [-0.1, -0.05) is 18.2 Å². The van der Waals surface area contributed by atoms with Crippen LogP contribution >= 0.6 is 0 Å². The first-order valence-corrected chi connectivity index (χ1v) is 9.28. The molecule has 3 rings (SSSR count). The number of likely N-dealkylation sites (N-methyl/N-ethyl adjacent to an activating group) is 1. The van der Waals surface area contributed by atoms with Crippen LogP contribution in [0.25, 0.3) is 0 Å². The quantitative estimate of drug-likeness (QED) is 0.750. The van der Waals surface area contributed by atoms with E-state index in [1.807, 2.05) is 0 Å². The Bertz CT molecular complexity index is 567. The third-order valence-corrected chi connectivity index (χ3v) is 6.30. The van der Waals surface area contributed by atoms with Crippen LogP contribution in [-0.2, 0) is 37.5 Å². The Labute approximate surface area is 172 Å². The molecule has 3 nitrogen and oxygen atoms in total. The average molecular weight is 404 g/mol. The minimum atomic E-state index is -0.159. The Morgan fingerprint density at radius 3 is 2.08 bits per heavy atom. The molecule has 2 fully saturated rings. The zero-order chi connectivity index (χ0) is 16.5. The van der Waals surface area contributed by atoms with Gasteiger partial charge in [0.05, 0.1) is 19.6 Å². The summed E-state index contributed by atoms with van der Waals surface area (Å²) >= 11 is 0. The molecule has 1 N–H and O–H groups in total. The van der Waals surface area contributed by atoms with Gasteiger partial charge in [-0.05, 0) is 57.6 Å². The van der Waals surface area contributed by atoms with Gasteiger partial charge in [0.15, 0.2) is 5.54 Å². The molecule has 0 aromatic heterocycles. The van der Waals surface area contributed by atoms with E-state index in [0.717, 1.165) is 40.7 Å². The van der Waals surface area contributed by atoms with Crippen LogP contribution in [0.15, 0.2) is 18.2 Å². The number of rotatable bonds is 4. The first-order chi connectivity index (χ1) is 11.0. The normalized spacial score (nSPS) is 21.3. The van der Waals surface area contributed by atoms with Gasteiger partial charge in [-0.3, -0.25) is 4.79 Å². The summed E-state index contributed by atoms with van der Waals surface area (Å²) in [7, 11) is 0. The number of carbonyl (C=O) groups is 1. The van der Waals surface area contributed by atoms with Crippen LogP contribution in [0.2, 0.25) is 0 Å². The van der Waals surface area contributed by atoms with Crippen LogP contribution in [-0.4, -0.2) is 35.6 Å². The van der Waals surface area contributed by atoms with Crippen LogP contribution in [0.4, 0.5) is 5.69 Å². The van der Waals surface area contributed by atoms with Crippen molar-refractivity contribution in [3.8, 4) is 0 Å². The van der Waals surface area contributed by atoms with Crippen LogP contribution in [0, 0.1) is 13.8 Å². The Hall–Kier alpha value is -0.246. The minimum absolute atomic E-state index is 0. The first kappa shape index (κ1) is 20.1. The number of hydrogen-bond donors (Lipinski definition) is 1. The van der Waals surface area contributed by atoms with Crippen molar-refractivity contribution in [2.45, 2.75) is 64.8 Å². The van der Waals surface area contributed by atoms with Gasteiger partial charge in [-0.25, -0.2) is 0 Å². The Kier molecular flexibility index (Phi) is 6.67. The number of para-hydroxylation sites is 1. The van der Waals surface area contributed by atoms with Crippen LogP contribution in [0.3, 0.4) is 0 Å². The molecule has 0 bridgehead atoms. The van der Waals surface area contributed by atoms with Gasteiger partial charge in [0.1, 0.15) is 0 Å². The van der Waals surface area contributed by atoms with Gasteiger partial charge in [0.25, 0.3) is 5.91 Å². The molecule has 1 aliphatic carbocycles. The molecule has 0 unspecified atom stereocenters. The minimum Gasteiger partial charge on any atom is -0.320 e. The molecule has 1 saturated heterocycles. The molecule has 0 atom stereocenters. The number of hydrogen-bond acceptors (Lipinski definition) is 1. The maximum Gasteiger partial charge on any atom is 0.285 e. The van der Waals surface area contributed by atoms with E-state index in [2.05, 4.69) is 44.3 Å². The summed E-state index contributed by atoms with van der Waals surface area (Å²) in [4.78, 5) is 13.3. The number of carbonyl (C=O) groups excluding carboxylic acids is 1. The molecule has 1 saturated carbocycles. The molecule has 129 valence electrons. The van der Waals surface area contributed by atoms with E-state index in [1.165, 1.54) is 38.8 Å². The molecule has 0 spiro atoms. The number of nitrogens with one attached hydrogen (secondary N) is 1. The third-order valence-electron chi connectivity index (χ3n) is 6.30. The third kappa shape index (κ3) is 3.50. The van der Waals surface area contributed by atoms with Crippen molar-refractivity contribution < 1.29 is 42.0 Å². The Morgan fingerprint density at radius 1 is 1.08 bits per heavy atom. The molecule has 2 aliphatic rings. The standard InChI is InChI=1S/C20H30N2O.Y/c1-4-22(14-7-5-6-8-15-22)20(12-13-20)19(23)21-18-16(2)10-9-11-17(18)3;/h9-11H,4-8,12-15H2,1-3H3;/p+1. The van der Waals surface area contributed by atoms with Gasteiger partial charge in [0.2, 0.25) is 0 Å². The van der Waals surface area contributed by atoms with Crippen molar-refractivity contribution in [3.63, 3.8) is 0 Å². The van der Waals surface area contributed by atoms with Gasteiger partial charge < -0.3 is 9.80 Å². The number of aryl methyl sites for hydroxylation is 2. The van der Waals surface area contributed by atoms with Crippen molar-refractivity contribution in [1.29, 1.82) is 0 Å². The molecule has 1 aromatic rings. The van der Waals surface area contributed by atoms with Crippen molar-refractivity contribution >= 4 is 11.6 Å². The summed E-state index contributed by atoms with van der Waals surface area (Å²) in [6.45, 7) is 9.88. The fourth-order valence-corrected chi connectivity index (χ4v) is 4.62. The molecular formula is C20H31N2OY+. The predicted molar refractivity (Wildman–Crippen MR) is 95.5 cm³/mol. The largest absolute Gasteiger partial charge is 0.320 e. The van der Waals surface area contributed by atoms with Crippen LogP contribution in [0.1, 0.15) is 56.6 Å². The number of likely N-dealkylation sites (tertiary alicyclic amines) is 1. The molecule has 1 radical (unpaired) electrons. The van der Waals surface area contributed by atoms with E-state index in [4.69, 9.17) is 0 Å². The van der Waals surface area contributed by atoms with Gasteiger partial charge >= 0.3 is 0 Å². The molecule has 1 aromatic carbocycles. The van der Waals surface area contributed by atoms with Crippen molar-refractivity contribution in [2.75, 3.05) is 25.0 Å². The van der Waals surface area contributed by atoms with Gasteiger partial charge in [-0.2, -0.15) is 0 Å². The van der Waals surface area contributed by atoms with Crippen LogP contribution < -0.4 is 5.32 Å². The average Bonchev–Trinajstić information content (AvgIpc) is 3.35. The summed E-state index contributed by atoms with van der Waals surface area (Å²) in [6, 6.07) is 6.22. The number of amides is 1. The van der Waals surface area contributed by atoms with Gasteiger partial charge in [-0.15, -0.1) is 0 Å². The number of nitrogens with zero attached hydrogens (tertiary/aromatic N) is 1. The smallest absolute Gasteiger partial charge is 0.285 e. The predicted octanol–water partition coefficient (Wildman–Crippen LogP) is 4.18. The van der Waals surface area contributed by atoms with Crippen molar-refractivity contribution in [2.24, 2.45) is 0 Å². The van der Waals surface area contributed by atoms with E-state index in [9.17, 15) is 4.79 Å². The molecule has 1 heterocycles. The summed E-state index contributed by atoms with van der Waals surface area (Å²) in [5, 5.41) is 3.30. The van der Waals surface area contributed by atoms with E-state index in [0.29, 0.717) is 0 Å². The van der Waals surface area contributed by atoms with E-state index < -0.39 is 0 Å². The first-order valence-electron chi connectivity index (χ1n) is 9.28. The maximum atomic E-state index is 13.3. The summed E-state index contributed by atoms with van der Waals surface area (Å²) in [5.74, 6) is 0.263. The Morgan fingerprint density at radius 2 is 1.62 bits per heavy atom. The molecule has 1 aliphatic heterocycles. The SMILES string of the molecule is CC[N+]1(C2(C(=O)Nc3c(C)cccc3C)CC2)CCCCCC1.[Y]. The number of anilines is 1. The topological polar surface area (TPSA) is 29.1 Å².